The van der Waals surface area contributed by atoms with Gasteiger partial charge in [0.05, 0.1) is 24.7 Å². The monoisotopic (exact) mass is 392 g/mol. The average Bonchev–Trinajstić information content (AvgIpc) is 3.21. The molecule has 0 bridgehead atoms. The number of benzene rings is 1. The van der Waals surface area contributed by atoms with E-state index >= 15 is 0 Å². The van der Waals surface area contributed by atoms with Crippen LogP contribution in [0, 0.1) is 11.8 Å². The van der Waals surface area contributed by atoms with Gasteiger partial charge >= 0.3 is 0 Å². The number of rotatable bonds is 5. The van der Waals surface area contributed by atoms with E-state index in [0.717, 1.165) is 45.3 Å². The van der Waals surface area contributed by atoms with E-state index in [9.17, 15) is 8.42 Å². The minimum Gasteiger partial charge on any atom is -0.352 e. The van der Waals surface area contributed by atoms with Gasteiger partial charge in [-0.25, -0.2) is 8.42 Å². The molecule has 1 aliphatic carbocycles. The zero-order valence-corrected chi connectivity index (χ0v) is 15.9. The molecule has 1 aromatic carbocycles. The van der Waals surface area contributed by atoms with Crippen molar-refractivity contribution in [3.8, 4) is 5.69 Å². The molecule has 0 unspecified atom stereocenters. The minimum absolute atomic E-state index is 0.0688. The van der Waals surface area contributed by atoms with Crippen LogP contribution in [0.2, 0.25) is 0 Å². The van der Waals surface area contributed by atoms with Gasteiger partial charge in [-0.2, -0.15) is 4.68 Å². The van der Waals surface area contributed by atoms with Gasteiger partial charge in [0.25, 0.3) is 5.16 Å². The number of aromatic nitrogens is 4. The number of nitrogens with zero attached hydrogens (tertiary/aromatic N) is 4. The van der Waals surface area contributed by atoms with E-state index in [-0.39, 0.29) is 23.1 Å². The highest BCUT2D eigenvalue weighted by molar-refractivity contribution is 7.91. The van der Waals surface area contributed by atoms with Crippen molar-refractivity contribution in [2.75, 3.05) is 19.0 Å². The van der Waals surface area contributed by atoms with E-state index in [1.54, 1.807) is 12.1 Å². The molecule has 2 aromatic rings. The first-order valence-electron chi connectivity index (χ1n) is 9.43. The zero-order chi connectivity index (χ0) is 18.7. The van der Waals surface area contributed by atoms with E-state index in [1.807, 2.05) is 18.2 Å². The van der Waals surface area contributed by atoms with E-state index in [4.69, 9.17) is 9.47 Å². The molecule has 1 aromatic heterocycles. The largest absolute Gasteiger partial charge is 0.352 e. The number of para-hydroxylation sites is 1. The zero-order valence-electron chi connectivity index (χ0n) is 15.1. The maximum absolute atomic E-state index is 12.9. The Hall–Kier alpha value is -1.84. The van der Waals surface area contributed by atoms with Crippen molar-refractivity contribution < 1.29 is 17.9 Å². The first kappa shape index (κ1) is 18.5. The topological polar surface area (TPSA) is 96.2 Å². The molecule has 1 aliphatic heterocycles. The molecule has 9 heteroatoms. The summed E-state index contributed by atoms with van der Waals surface area (Å²) in [6.07, 6.45) is 4.37. The summed E-state index contributed by atoms with van der Waals surface area (Å²) >= 11 is 0. The molecule has 0 atom stereocenters. The molecule has 0 N–H and O–H groups in total. The summed E-state index contributed by atoms with van der Waals surface area (Å²) < 4.78 is 38.6. The molecule has 27 heavy (non-hydrogen) atoms. The summed E-state index contributed by atoms with van der Waals surface area (Å²) in [6, 6.07) is 9.07. The van der Waals surface area contributed by atoms with Crippen LogP contribution in [0.25, 0.3) is 5.69 Å². The van der Waals surface area contributed by atoms with Crippen LogP contribution in [0.3, 0.4) is 0 Å². The van der Waals surface area contributed by atoms with Gasteiger partial charge in [-0.15, -0.1) is 0 Å². The maximum atomic E-state index is 12.9. The van der Waals surface area contributed by atoms with Gasteiger partial charge < -0.3 is 9.47 Å². The van der Waals surface area contributed by atoms with Crippen LogP contribution in [-0.2, 0) is 19.3 Å². The lowest BCUT2D eigenvalue weighted by Crippen LogP contribution is -2.35. The third-order valence-corrected chi connectivity index (χ3v) is 7.03. The highest BCUT2D eigenvalue weighted by Crippen LogP contribution is 2.34. The number of hydrogen-bond donors (Lipinski definition) is 0. The third kappa shape index (κ3) is 4.20. The molecule has 8 nitrogen and oxygen atoms in total. The van der Waals surface area contributed by atoms with E-state index in [1.165, 1.54) is 4.68 Å². The molecule has 1 saturated heterocycles. The standard InChI is InChI=1S/C18H24N4O4S/c23-27(24,18-19-20-21-22(18)16-5-2-1-3-6-16)13-14-7-9-15(10-8-14)17-25-11-4-12-26-17/h1-3,5-6,14-15,17H,4,7-13H2. The van der Waals surface area contributed by atoms with Crippen LogP contribution in [0.15, 0.2) is 35.5 Å². The van der Waals surface area contributed by atoms with Crippen molar-refractivity contribution in [1.29, 1.82) is 0 Å². The van der Waals surface area contributed by atoms with Gasteiger partial charge in [0.1, 0.15) is 0 Å². The molecular formula is C18H24N4O4S. The number of hydrogen-bond acceptors (Lipinski definition) is 7. The summed E-state index contributed by atoms with van der Waals surface area (Å²) in [5.41, 5.74) is 0.636. The summed E-state index contributed by atoms with van der Waals surface area (Å²) in [6.45, 7) is 1.50. The summed E-state index contributed by atoms with van der Waals surface area (Å²) in [4.78, 5) is 0. The smallest absolute Gasteiger partial charge is 0.272 e. The van der Waals surface area contributed by atoms with Crippen LogP contribution < -0.4 is 0 Å². The Morgan fingerprint density at radius 1 is 1.04 bits per heavy atom. The lowest BCUT2D eigenvalue weighted by molar-refractivity contribution is -0.210. The number of ether oxygens (including phenoxy) is 2. The van der Waals surface area contributed by atoms with Crippen molar-refractivity contribution in [2.45, 2.75) is 43.6 Å². The van der Waals surface area contributed by atoms with Crippen molar-refractivity contribution in [1.82, 2.24) is 20.2 Å². The van der Waals surface area contributed by atoms with Gasteiger partial charge in [0, 0.05) is 5.92 Å². The van der Waals surface area contributed by atoms with Crippen molar-refractivity contribution >= 4 is 9.84 Å². The Balaban J connectivity index is 1.41. The van der Waals surface area contributed by atoms with Crippen molar-refractivity contribution in [3.63, 3.8) is 0 Å². The fourth-order valence-electron chi connectivity index (χ4n) is 3.89. The lowest BCUT2D eigenvalue weighted by atomic mass is 9.82. The molecule has 146 valence electrons. The molecule has 0 radical (unpaired) electrons. The van der Waals surface area contributed by atoms with Crippen LogP contribution in [0.5, 0.6) is 0 Å². The van der Waals surface area contributed by atoms with Gasteiger partial charge in [-0.3, -0.25) is 0 Å². The van der Waals surface area contributed by atoms with Gasteiger partial charge in [0.15, 0.2) is 6.29 Å². The van der Waals surface area contributed by atoms with E-state index in [0.29, 0.717) is 11.6 Å². The second-order valence-electron chi connectivity index (χ2n) is 7.23. The maximum Gasteiger partial charge on any atom is 0.272 e. The first-order chi connectivity index (χ1) is 13.1. The van der Waals surface area contributed by atoms with Gasteiger partial charge in [-0.05, 0) is 60.6 Å². The molecule has 2 heterocycles. The molecule has 4 rings (SSSR count). The third-order valence-electron chi connectivity index (χ3n) is 5.30. The first-order valence-corrected chi connectivity index (χ1v) is 11.1. The summed E-state index contributed by atoms with van der Waals surface area (Å²) in [5, 5.41) is 11.1. The second kappa shape index (κ2) is 8.04. The fourth-order valence-corrected chi connectivity index (χ4v) is 5.56. The molecule has 1 saturated carbocycles. The number of tetrazole rings is 1. The van der Waals surface area contributed by atoms with Gasteiger partial charge in [0.2, 0.25) is 9.84 Å². The Morgan fingerprint density at radius 3 is 2.44 bits per heavy atom. The quantitative estimate of drug-likeness (QED) is 0.768. The Morgan fingerprint density at radius 2 is 1.74 bits per heavy atom. The van der Waals surface area contributed by atoms with Crippen LogP contribution in [0.4, 0.5) is 0 Å². The van der Waals surface area contributed by atoms with E-state index < -0.39 is 9.84 Å². The molecular weight excluding hydrogens is 368 g/mol. The summed E-state index contributed by atoms with van der Waals surface area (Å²) in [7, 11) is -3.57. The average molecular weight is 392 g/mol. The van der Waals surface area contributed by atoms with E-state index in [2.05, 4.69) is 15.5 Å². The predicted octanol–water partition coefficient (Wildman–Crippen LogP) is 2.01. The Labute approximate surface area is 158 Å². The normalized spacial score (nSPS) is 24.7. The highest BCUT2D eigenvalue weighted by Gasteiger charge is 2.34. The van der Waals surface area contributed by atoms with Gasteiger partial charge in [-0.1, -0.05) is 23.3 Å². The Kier molecular flexibility index (Phi) is 5.51. The highest BCUT2D eigenvalue weighted by atomic mass is 32.2. The van der Waals surface area contributed by atoms with Crippen LogP contribution in [0.1, 0.15) is 32.1 Å². The van der Waals surface area contributed by atoms with Crippen molar-refractivity contribution in [3.05, 3.63) is 30.3 Å². The molecule has 0 amide bonds. The molecule has 2 fully saturated rings. The minimum atomic E-state index is -3.57. The van der Waals surface area contributed by atoms with Crippen molar-refractivity contribution in [2.24, 2.45) is 11.8 Å². The van der Waals surface area contributed by atoms with Crippen LogP contribution >= 0.6 is 0 Å². The SMILES string of the molecule is O=S(=O)(CC1CCC(C2OCCCO2)CC1)c1nnnn1-c1ccccc1. The lowest BCUT2D eigenvalue weighted by Gasteiger charge is -2.35. The van der Waals surface area contributed by atoms with Crippen LogP contribution in [-0.4, -0.2) is 53.9 Å². The Bertz CT molecular complexity index is 841. The summed E-state index contributed by atoms with van der Waals surface area (Å²) in [5.74, 6) is 0.536. The molecule has 2 aliphatic rings. The second-order valence-corrected chi connectivity index (χ2v) is 9.16. The predicted molar refractivity (Wildman–Crippen MR) is 97.0 cm³/mol. The molecule has 0 spiro atoms. The fraction of sp³-hybridized carbons (Fsp3) is 0.611. The number of sulfone groups is 1.